The second-order valence-electron chi connectivity index (χ2n) is 5.66. The maximum absolute atomic E-state index is 13.8. The van der Waals surface area contributed by atoms with Crippen LogP contribution in [0.1, 0.15) is 21.7 Å². The van der Waals surface area contributed by atoms with Crippen LogP contribution in [0, 0.1) is 25.5 Å². The van der Waals surface area contributed by atoms with Crippen molar-refractivity contribution in [2.24, 2.45) is 0 Å². The van der Waals surface area contributed by atoms with E-state index < -0.39 is 23.1 Å². The highest BCUT2D eigenvalue weighted by Gasteiger charge is 2.27. The summed E-state index contributed by atoms with van der Waals surface area (Å²) in [6, 6.07) is 3.46. The molecule has 0 unspecified atom stereocenters. The molecule has 5 nitrogen and oxygen atoms in total. The first-order valence-electron chi connectivity index (χ1n) is 7.49. The fourth-order valence-corrected chi connectivity index (χ4v) is 3.00. The maximum atomic E-state index is 13.8. The average Bonchev–Trinajstić information content (AvgIpc) is 2.86. The molecule has 1 amide bonds. The Bertz CT molecular complexity index is 696. The van der Waals surface area contributed by atoms with Crippen molar-refractivity contribution in [3.8, 4) is 0 Å². The highest BCUT2D eigenvalue weighted by molar-refractivity contribution is 5.95. The number of aryl methyl sites for hydroxylation is 2. The van der Waals surface area contributed by atoms with Crippen LogP contribution in [0.15, 0.2) is 18.2 Å². The summed E-state index contributed by atoms with van der Waals surface area (Å²) < 4.78 is 27.5. The van der Waals surface area contributed by atoms with Crippen molar-refractivity contribution in [3.63, 3.8) is 0 Å². The fraction of sp³-hybridized carbons (Fsp3) is 0.375. The molecule has 2 aromatic rings. The first kappa shape index (κ1) is 15.5. The summed E-state index contributed by atoms with van der Waals surface area (Å²) >= 11 is 0. The molecule has 1 fully saturated rings. The number of carbonyl (C=O) groups excluding carboxylic acids is 1. The zero-order valence-electron chi connectivity index (χ0n) is 13.1. The summed E-state index contributed by atoms with van der Waals surface area (Å²) in [6.07, 6.45) is 0. The number of amides is 1. The minimum absolute atomic E-state index is 0.413. The van der Waals surface area contributed by atoms with Crippen LogP contribution in [0.3, 0.4) is 0 Å². The number of aromatic nitrogens is 2. The molecule has 0 aliphatic carbocycles. The normalized spacial score (nSPS) is 15.1. The number of nitrogens with one attached hydrogen (secondary N) is 1. The molecule has 7 heteroatoms. The lowest BCUT2D eigenvalue weighted by Crippen LogP contribution is -2.49. The third-order valence-corrected chi connectivity index (χ3v) is 4.15. The van der Waals surface area contributed by atoms with Gasteiger partial charge in [-0.05, 0) is 26.0 Å². The van der Waals surface area contributed by atoms with E-state index in [1.165, 1.54) is 11.0 Å². The minimum atomic E-state index is -0.820. The van der Waals surface area contributed by atoms with Gasteiger partial charge in [0, 0.05) is 26.2 Å². The van der Waals surface area contributed by atoms with E-state index in [4.69, 9.17) is 0 Å². The number of H-pyrrole nitrogens is 1. The Labute approximate surface area is 132 Å². The Morgan fingerprint density at radius 1 is 1.13 bits per heavy atom. The number of hydrogen-bond donors (Lipinski definition) is 1. The molecule has 0 radical (unpaired) electrons. The number of benzene rings is 1. The van der Waals surface area contributed by atoms with Crippen LogP contribution in [0.5, 0.6) is 0 Å². The zero-order chi connectivity index (χ0) is 16.6. The van der Waals surface area contributed by atoms with Crippen molar-refractivity contribution in [3.05, 3.63) is 46.8 Å². The number of anilines is 1. The molecular formula is C16H18F2N4O. The first-order chi connectivity index (χ1) is 11.0. The second kappa shape index (κ2) is 5.98. The number of halogens is 2. The molecule has 1 aliphatic heterocycles. The summed E-state index contributed by atoms with van der Waals surface area (Å²) in [6.45, 7) is 5.89. The van der Waals surface area contributed by atoms with Gasteiger partial charge in [0.05, 0.1) is 17.1 Å². The SMILES string of the molecule is Cc1n[nH]c(C)c1N1CCN(C(=O)c2c(F)cccc2F)CC1. The van der Waals surface area contributed by atoms with E-state index in [9.17, 15) is 13.6 Å². The standard InChI is InChI=1S/C16H18F2N4O/c1-10-15(11(2)20-19-10)21-6-8-22(9-7-21)16(23)14-12(17)4-3-5-13(14)18/h3-5H,6-9H2,1-2H3,(H,19,20). The molecule has 3 rings (SSSR count). The summed E-state index contributed by atoms with van der Waals surface area (Å²) in [4.78, 5) is 16.0. The van der Waals surface area contributed by atoms with Crippen LogP contribution in [-0.4, -0.2) is 47.2 Å². The molecular weight excluding hydrogens is 302 g/mol. The Kier molecular flexibility index (Phi) is 4.02. The van der Waals surface area contributed by atoms with Gasteiger partial charge in [0.1, 0.15) is 17.2 Å². The highest BCUT2D eigenvalue weighted by Crippen LogP contribution is 2.24. The minimum Gasteiger partial charge on any atom is -0.365 e. The summed E-state index contributed by atoms with van der Waals surface area (Å²) in [5.74, 6) is -2.24. The maximum Gasteiger partial charge on any atom is 0.259 e. The highest BCUT2D eigenvalue weighted by atomic mass is 19.1. The molecule has 23 heavy (non-hydrogen) atoms. The van der Waals surface area contributed by atoms with Gasteiger partial charge >= 0.3 is 0 Å². The van der Waals surface area contributed by atoms with Crippen molar-refractivity contribution < 1.29 is 13.6 Å². The van der Waals surface area contributed by atoms with Crippen molar-refractivity contribution in [2.75, 3.05) is 31.1 Å². The van der Waals surface area contributed by atoms with Crippen molar-refractivity contribution >= 4 is 11.6 Å². The third kappa shape index (κ3) is 2.78. The van der Waals surface area contributed by atoms with E-state index in [0.717, 1.165) is 29.2 Å². The molecule has 1 N–H and O–H groups in total. The lowest BCUT2D eigenvalue weighted by Gasteiger charge is -2.36. The van der Waals surface area contributed by atoms with E-state index in [1.54, 1.807) is 0 Å². The average molecular weight is 320 g/mol. The molecule has 0 bridgehead atoms. The second-order valence-corrected chi connectivity index (χ2v) is 5.66. The van der Waals surface area contributed by atoms with Crippen LogP contribution >= 0.6 is 0 Å². The van der Waals surface area contributed by atoms with Gasteiger partial charge in [-0.15, -0.1) is 0 Å². The molecule has 122 valence electrons. The monoisotopic (exact) mass is 320 g/mol. The van der Waals surface area contributed by atoms with E-state index >= 15 is 0 Å². The molecule has 1 saturated heterocycles. The topological polar surface area (TPSA) is 52.2 Å². The van der Waals surface area contributed by atoms with Crippen LogP contribution in [0.25, 0.3) is 0 Å². The lowest BCUT2D eigenvalue weighted by atomic mass is 10.1. The van der Waals surface area contributed by atoms with Gasteiger partial charge in [0.2, 0.25) is 0 Å². The quantitative estimate of drug-likeness (QED) is 0.923. The van der Waals surface area contributed by atoms with E-state index in [2.05, 4.69) is 15.1 Å². The number of piperazine rings is 1. The van der Waals surface area contributed by atoms with Gasteiger partial charge in [-0.25, -0.2) is 8.78 Å². The predicted molar refractivity (Wildman–Crippen MR) is 82.5 cm³/mol. The lowest BCUT2D eigenvalue weighted by molar-refractivity contribution is 0.0737. The Balaban J connectivity index is 1.73. The summed E-state index contributed by atoms with van der Waals surface area (Å²) in [5, 5.41) is 7.11. The van der Waals surface area contributed by atoms with Crippen molar-refractivity contribution in [1.29, 1.82) is 0 Å². The van der Waals surface area contributed by atoms with Gasteiger partial charge < -0.3 is 9.80 Å². The third-order valence-electron chi connectivity index (χ3n) is 4.15. The smallest absolute Gasteiger partial charge is 0.259 e. The van der Waals surface area contributed by atoms with Crippen molar-refractivity contribution in [1.82, 2.24) is 15.1 Å². The molecule has 2 heterocycles. The van der Waals surface area contributed by atoms with Crippen LogP contribution in [-0.2, 0) is 0 Å². The van der Waals surface area contributed by atoms with E-state index in [1.807, 2.05) is 13.8 Å². The Morgan fingerprint density at radius 3 is 2.26 bits per heavy atom. The number of hydrogen-bond acceptors (Lipinski definition) is 3. The number of rotatable bonds is 2. The molecule has 1 aromatic heterocycles. The van der Waals surface area contributed by atoms with Gasteiger partial charge in [-0.3, -0.25) is 9.89 Å². The Morgan fingerprint density at radius 2 is 1.74 bits per heavy atom. The van der Waals surface area contributed by atoms with Crippen molar-refractivity contribution in [2.45, 2.75) is 13.8 Å². The fourth-order valence-electron chi connectivity index (χ4n) is 3.00. The number of carbonyl (C=O) groups is 1. The molecule has 1 aromatic carbocycles. The number of nitrogens with zero attached hydrogens (tertiary/aromatic N) is 3. The first-order valence-corrected chi connectivity index (χ1v) is 7.49. The molecule has 0 spiro atoms. The van der Waals surface area contributed by atoms with Gasteiger partial charge in [-0.2, -0.15) is 5.10 Å². The predicted octanol–water partition coefficient (Wildman–Crippen LogP) is 2.27. The largest absolute Gasteiger partial charge is 0.365 e. The molecule has 1 aliphatic rings. The van der Waals surface area contributed by atoms with Gasteiger partial charge in [0.25, 0.3) is 5.91 Å². The summed E-state index contributed by atoms with van der Waals surface area (Å²) in [7, 11) is 0. The Hall–Kier alpha value is -2.44. The van der Waals surface area contributed by atoms with E-state index in [0.29, 0.717) is 26.2 Å². The number of aromatic amines is 1. The van der Waals surface area contributed by atoms with Crippen LogP contribution < -0.4 is 4.90 Å². The van der Waals surface area contributed by atoms with Gasteiger partial charge in [0.15, 0.2) is 0 Å². The molecule has 0 atom stereocenters. The van der Waals surface area contributed by atoms with E-state index in [-0.39, 0.29) is 0 Å². The zero-order valence-corrected chi connectivity index (χ0v) is 13.1. The van der Waals surface area contributed by atoms with Gasteiger partial charge in [-0.1, -0.05) is 6.07 Å². The molecule has 0 saturated carbocycles. The summed E-state index contributed by atoms with van der Waals surface area (Å²) in [5.41, 5.74) is 2.44. The van der Waals surface area contributed by atoms with Crippen LogP contribution in [0.2, 0.25) is 0 Å². The van der Waals surface area contributed by atoms with Crippen LogP contribution in [0.4, 0.5) is 14.5 Å².